The van der Waals surface area contributed by atoms with Gasteiger partial charge in [0.15, 0.2) is 0 Å². The van der Waals surface area contributed by atoms with Gasteiger partial charge in [0, 0.05) is 32.0 Å². The maximum Gasteiger partial charge on any atom is 0.222 e. The molecule has 0 radical (unpaired) electrons. The van der Waals surface area contributed by atoms with E-state index in [9.17, 15) is 4.79 Å². The standard InChI is InChI=1S/C16H27NO2/c1-19-14-6-7-16(14)8-10-17(11-9-16)15(18)12-13-4-2-3-5-13/h13-14H,2-12H2,1H3. The molecule has 0 aromatic heterocycles. The number of methoxy groups -OCH3 is 1. The van der Waals surface area contributed by atoms with E-state index < -0.39 is 0 Å². The Labute approximate surface area is 116 Å². The van der Waals surface area contributed by atoms with Crippen molar-refractivity contribution in [1.29, 1.82) is 0 Å². The van der Waals surface area contributed by atoms with Crippen LogP contribution in [-0.2, 0) is 9.53 Å². The fraction of sp³-hybridized carbons (Fsp3) is 0.938. The highest BCUT2D eigenvalue weighted by molar-refractivity contribution is 5.76. The first-order chi connectivity index (χ1) is 9.23. The fourth-order valence-electron chi connectivity index (χ4n) is 4.40. The maximum atomic E-state index is 12.3. The number of amides is 1. The predicted molar refractivity (Wildman–Crippen MR) is 74.9 cm³/mol. The molecule has 1 aliphatic heterocycles. The van der Waals surface area contributed by atoms with Crippen LogP contribution < -0.4 is 0 Å². The van der Waals surface area contributed by atoms with Gasteiger partial charge in [-0.1, -0.05) is 12.8 Å². The zero-order valence-corrected chi connectivity index (χ0v) is 12.2. The Morgan fingerprint density at radius 1 is 1.16 bits per heavy atom. The monoisotopic (exact) mass is 265 g/mol. The van der Waals surface area contributed by atoms with Crippen LogP contribution >= 0.6 is 0 Å². The summed E-state index contributed by atoms with van der Waals surface area (Å²) in [4.78, 5) is 14.4. The molecule has 0 N–H and O–H groups in total. The lowest BCUT2D eigenvalue weighted by Crippen LogP contribution is -2.54. The van der Waals surface area contributed by atoms with Crippen LogP contribution in [0.1, 0.15) is 57.8 Å². The van der Waals surface area contributed by atoms with Gasteiger partial charge < -0.3 is 9.64 Å². The van der Waals surface area contributed by atoms with Crippen molar-refractivity contribution in [2.45, 2.75) is 63.9 Å². The third-order valence-electron chi connectivity index (χ3n) is 5.92. The molecule has 0 aromatic rings. The van der Waals surface area contributed by atoms with Crippen molar-refractivity contribution in [3.63, 3.8) is 0 Å². The van der Waals surface area contributed by atoms with Gasteiger partial charge in [0.2, 0.25) is 5.91 Å². The number of nitrogens with zero attached hydrogens (tertiary/aromatic N) is 1. The van der Waals surface area contributed by atoms with Crippen LogP contribution in [0.15, 0.2) is 0 Å². The van der Waals surface area contributed by atoms with Crippen molar-refractivity contribution < 1.29 is 9.53 Å². The maximum absolute atomic E-state index is 12.3. The first-order valence-electron chi connectivity index (χ1n) is 8.04. The zero-order chi connectivity index (χ0) is 13.3. The number of ether oxygens (including phenoxy) is 1. The third-order valence-corrected chi connectivity index (χ3v) is 5.92. The average molecular weight is 265 g/mol. The first-order valence-corrected chi connectivity index (χ1v) is 8.04. The summed E-state index contributed by atoms with van der Waals surface area (Å²) in [6.45, 7) is 1.93. The quantitative estimate of drug-likeness (QED) is 0.785. The molecule has 0 bridgehead atoms. The zero-order valence-electron chi connectivity index (χ0n) is 12.2. The Kier molecular flexibility index (Phi) is 3.84. The van der Waals surface area contributed by atoms with Crippen molar-refractivity contribution in [3.05, 3.63) is 0 Å². The van der Waals surface area contributed by atoms with Crippen molar-refractivity contribution >= 4 is 5.91 Å². The van der Waals surface area contributed by atoms with Gasteiger partial charge in [-0.05, 0) is 44.4 Å². The van der Waals surface area contributed by atoms with E-state index in [0.29, 0.717) is 23.3 Å². The number of hydrogen-bond donors (Lipinski definition) is 0. The van der Waals surface area contributed by atoms with Crippen LogP contribution in [0.3, 0.4) is 0 Å². The second kappa shape index (κ2) is 5.43. The molecule has 1 atom stereocenters. The van der Waals surface area contributed by atoms with Gasteiger partial charge in [-0.15, -0.1) is 0 Å². The van der Waals surface area contributed by atoms with Crippen LogP contribution in [-0.4, -0.2) is 37.1 Å². The van der Waals surface area contributed by atoms with E-state index >= 15 is 0 Å². The second-order valence-corrected chi connectivity index (χ2v) is 6.86. The van der Waals surface area contributed by atoms with Gasteiger partial charge in [0.05, 0.1) is 6.10 Å². The highest BCUT2D eigenvalue weighted by Crippen LogP contribution is 2.50. The summed E-state index contributed by atoms with van der Waals surface area (Å²) in [7, 11) is 1.84. The van der Waals surface area contributed by atoms with Crippen molar-refractivity contribution in [3.8, 4) is 0 Å². The highest BCUT2D eigenvalue weighted by Gasteiger charge is 2.48. The summed E-state index contributed by atoms with van der Waals surface area (Å²) in [6.07, 6.45) is 11.3. The van der Waals surface area contributed by atoms with Crippen molar-refractivity contribution in [1.82, 2.24) is 4.90 Å². The SMILES string of the molecule is COC1CCC12CCN(C(=O)CC1CCCC1)CC2. The molecule has 0 aromatic carbocycles. The normalized spacial score (nSPS) is 30.6. The summed E-state index contributed by atoms with van der Waals surface area (Å²) in [6, 6.07) is 0. The van der Waals surface area contributed by atoms with Gasteiger partial charge in [-0.3, -0.25) is 4.79 Å². The van der Waals surface area contributed by atoms with Crippen molar-refractivity contribution in [2.75, 3.05) is 20.2 Å². The summed E-state index contributed by atoms with van der Waals surface area (Å²) in [5.41, 5.74) is 0.416. The van der Waals surface area contributed by atoms with E-state index in [2.05, 4.69) is 4.90 Å². The smallest absolute Gasteiger partial charge is 0.222 e. The molecule has 1 unspecified atom stereocenters. The van der Waals surface area contributed by atoms with Gasteiger partial charge in [0.1, 0.15) is 0 Å². The van der Waals surface area contributed by atoms with E-state index in [0.717, 1.165) is 32.4 Å². The molecule has 2 aliphatic carbocycles. The Morgan fingerprint density at radius 2 is 1.84 bits per heavy atom. The minimum absolute atomic E-state index is 0.412. The molecule has 1 saturated heterocycles. The fourth-order valence-corrected chi connectivity index (χ4v) is 4.40. The summed E-state index contributed by atoms with van der Waals surface area (Å²) in [5.74, 6) is 1.09. The third kappa shape index (κ3) is 2.54. The largest absolute Gasteiger partial charge is 0.381 e. The molecule has 3 aliphatic rings. The lowest BCUT2D eigenvalue weighted by atomic mass is 9.60. The molecule has 108 valence electrons. The summed E-state index contributed by atoms with van der Waals surface area (Å²) in [5, 5.41) is 0. The van der Waals surface area contributed by atoms with Crippen LogP contribution in [0.25, 0.3) is 0 Å². The average Bonchev–Trinajstić information content (AvgIpc) is 2.91. The lowest BCUT2D eigenvalue weighted by Gasteiger charge is -2.53. The van der Waals surface area contributed by atoms with Crippen molar-refractivity contribution in [2.24, 2.45) is 11.3 Å². The van der Waals surface area contributed by atoms with Crippen LogP contribution in [0.5, 0.6) is 0 Å². The Balaban J connectivity index is 1.48. The molecule has 19 heavy (non-hydrogen) atoms. The van der Waals surface area contributed by atoms with Gasteiger partial charge >= 0.3 is 0 Å². The predicted octanol–water partition coefficient (Wildman–Crippen LogP) is 2.98. The summed E-state index contributed by atoms with van der Waals surface area (Å²) >= 11 is 0. The van der Waals surface area contributed by atoms with Gasteiger partial charge in [-0.25, -0.2) is 0 Å². The molecule has 1 amide bonds. The van der Waals surface area contributed by atoms with E-state index in [4.69, 9.17) is 4.74 Å². The number of likely N-dealkylation sites (tertiary alicyclic amines) is 1. The Morgan fingerprint density at radius 3 is 2.37 bits per heavy atom. The Hall–Kier alpha value is -0.570. The second-order valence-electron chi connectivity index (χ2n) is 6.86. The van der Waals surface area contributed by atoms with Crippen LogP contribution in [0, 0.1) is 11.3 Å². The van der Waals surface area contributed by atoms with Gasteiger partial charge in [0.25, 0.3) is 0 Å². The summed E-state index contributed by atoms with van der Waals surface area (Å²) < 4.78 is 5.58. The number of piperidine rings is 1. The number of hydrogen-bond acceptors (Lipinski definition) is 2. The molecular formula is C16H27NO2. The number of carbonyl (C=O) groups is 1. The molecular weight excluding hydrogens is 238 g/mol. The highest BCUT2D eigenvalue weighted by atomic mass is 16.5. The number of carbonyl (C=O) groups excluding carboxylic acids is 1. The topological polar surface area (TPSA) is 29.5 Å². The minimum Gasteiger partial charge on any atom is -0.381 e. The molecule has 3 heteroatoms. The molecule has 3 fully saturated rings. The van der Waals surface area contributed by atoms with E-state index in [1.165, 1.54) is 38.5 Å². The van der Waals surface area contributed by atoms with Crippen LogP contribution in [0.2, 0.25) is 0 Å². The lowest BCUT2D eigenvalue weighted by molar-refractivity contribution is -0.145. The Bertz CT molecular complexity index is 326. The molecule has 3 rings (SSSR count). The van der Waals surface area contributed by atoms with E-state index in [1.807, 2.05) is 7.11 Å². The van der Waals surface area contributed by atoms with Crippen LogP contribution in [0.4, 0.5) is 0 Å². The number of rotatable bonds is 3. The molecule has 2 saturated carbocycles. The van der Waals surface area contributed by atoms with Gasteiger partial charge in [-0.2, -0.15) is 0 Å². The van der Waals surface area contributed by atoms with E-state index in [-0.39, 0.29) is 0 Å². The van der Waals surface area contributed by atoms with E-state index in [1.54, 1.807) is 0 Å². The minimum atomic E-state index is 0.412. The first kappa shape index (κ1) is 13.4. The molecule has 1 spiro atoms. The molecule has 1 heterocycles. The molecule has 3 nitrogen and oxygen atoms in total.